The summed E-state index contributed by atoms with van der Waals surface area (Å²) in [5.41, 5.74) is 1.27. The largest absolute Gasteiger partial charge is 0.404 e. The summed E-state index contributed by atoms with van der Waals surface area (Å²) in [6.45, 7) is 16.0. The molecule has 0 saturated heterocycles. The molecule has 1 aliphatic rings. The molecular formula is C26H36OSi. The minimum atomic E-state index is -2.50. The zero-order valence-electron chi connectivity index (χ0n) is 18.2. The smallest absolute Gasteiger partial charge is 0.261 e. The molecule has 0 radical (unpaired) electrons. The fourth-order valence-electron chi connectivity index (χ4n) is 4.94. The van der Waals surface area contributed by atoms with Crippen LogP contribution in [-0.2, 0) is 4.43 Å². The van der Waals surface area contributed by atoms with Crippen LogP contribution in [0.15, 0.2) is 72.8 Å². The third-order valence-corrected chi connectivity index (χ3v) is 11.5. The molecule has 0 aliphatic heterocycles. The van der Waals surface area contributed by atoms with Gasteiger partial charge in [-0.1, -0.05) is 101 Å². The van der Waals surface area contributed by atoms with Crippen LogP contribution in [0.3, 0.4) is 0 Å². The molecule has 2 heteroatoms. The first-order valence-electron chi connectivity index (χ1n) is 10.7. The normalized spacial score (nSPS) is 23.4. The van der Waals surface area contributed by atoms with Crippen molar-refractivity contribution < 1.29 is 4.43 Å². The molecule has 0 spiro atoms. The van der Waals surface area contributed by atoms with Crippen LogP contribution in [0.4, 0.5) is 0 Å². The van der Waals surface area contributed by atoms with Crippen LogP contribution >= 0.6 is 0 Å². The predicted octanol–water partition coefficient (Wildman–Crippen LogP) is 5.94. The van der Waals surface area contributed by atoms with Gasteiger partial charge in [0.15, 0.2) is 0 Å². The Balaban J connectivity index is 2.17. The highest BCUT2D eigenvalue weighted by atomic mass is 28.4. The number of hydrogen-bond acceptors (Lipinski definition) is 1. The van der Waals surface area contributed by atoms with E-state index in [-0.39, 0.29) is 11.1 Å². The van der Waals surface area contributed by atoms with Gasteiger partial charge in [0, 0.05) is 5.92 Å². The lowest BCUT2D eigenvalue weighted by Crippen LogP contribution is -2.68. The Hall–Kier alpha value is -1.64. The molecule has 3 atom stereocenters. The SMILES string of the molecule is C=C(C)[C@@H]1CC[C@@H](C)C[C@H]1O[Si](c1ccccc1)(c1ccccc1)C(C)(C)C. The van der Waals surface area contributed by atoms with Crippen molar-refractivity contribution in [3.63, 3.8) is 0 Å². The molecule has 0 aromatic heterocycles. The highest BCUT2D eigenvalue weighted by molar-refractivity contribution is 6.99. The molecule has 150 valence electrons. The van der Waals surface area contributed by atoms with Gasteiger partial charge in [-0.2, -0.15) is 0 Å². The van der Waals surface area contributed by atoms with Gasteiger partial charge in [-0.15, -0.1) is 0 Å². The van der Waals surface area contributed by atoms with E-state index < -0.39 is 8.32 Å². The van der Waals surface area contributed by atoms with E-state index in [1.54, 1.807) is 0 Å². The maximum atomic E-state index is 7.44. The highest BCUT2D eigenvalue weighted by Crippen LogP contribution is 2.42. The molecule has 0 bridgehead atoms. The lowest BCUT2D eigenvalue weighted by atomic mass is 9.78. The highest BCUT2D eigenvalue weighted by Gasteiger charge is 2.52. The van der Waals surface area contributed by atoms with Crippen molar-refractivity contribution in [1.82, 2.24) is 0 Å². The van der Waals surface area contributed by atoms with Crippen molar-refractivity contribution in [2.24, 2.45) is 11.8 Å². The second kappa shape index (κ2) is 8.38. The van der Waals surface area contributed by atoms with Crippen molar-refractivity contribution >= 4 is 18.7 Å². The van der Waals surface area contributed by atoms with Crippen LogP contribution in [0.5, 0.6) is 0 Å². The molecule has 0 amide bonds. The molecule has 0 unspecified atom stereocenters. The molecular weight excluding hydrogens is 356 g/mol. The standard InChI is InChI=1S/C26H36OSi/c1-20(2)24-18-17-21(3)19-25(24)27-28(26(4,5)6,22-13-9-7-10-14-22)23-15-11-8-12-16-23/h7-16,21,24-25H,1,17-19H2,2-6H3/t21-,24+,25-/m1/s1. The Morgan fingerprint density at radius 1 is 0.929 bits per heavy atom. The van der Waals surface area contributed by atoms with E-state index in [0.29, 0.717) is 11.8 Å². The maximum absolute atomic E-state index is 7.44. The van der Waals surface area contributed by atoms with E-state index in [0.717, 1.165) is 6.42 Å². The fourth-order valence-corrected chi connectivity index (χ4v) is 9.67. The minimum absolute atomic E-state index is 0.0238. The van der Waals surface area contributed by atoms with Gasteiger partial charge in [0.05, 0.1) is 6.10 Å². The summed E-state index contributed by atoms with van der Waals surface area (Å²) < 4.78 is 7.44. The molecule has 3 rings (SSSR count). The van der Waals surface area contributed by atoms with E-state index in [1.165, 1.54) is 28.8 Å². The van der Waals surface area contributed by atoms with Gasteiger partial charge >= 0.3 is 0 Å². The Kier molecular flexibility index (Phi) is 6.31. The summed E-state index contributed by atoms with van der Waals surface area (Å²) in [5, 5.41) is 2.76. The van der Waals surface area contributed by atoms with Crippen LogP contribution in [0.1, 0.15) is 53.9 Å². The fraction of sp³-hybridized carbons (Fsp3) is 0.462. The number of hydrogen-bond donors (Lipinski definition) is 0. The molecule has 1 saturated carbocycles. The molecule has 2 aromatic rings. The van der Waals surface area contributed by atoms with E-state index in [2.05, 4.69) is 102 Å². The first-order valence-corrected chi connectivity index (χ1v) is 12.6. The molecule has 1 fully saturated rings. The van der Waals surface area contributed by atoms with Crippen LogP contribution in [0.25, 0.3) is 0 Å². The summed E-state index contributed by atoms with van der Waals surface area (Å²) in [6.07, 6.45) is 3.84. The molecule has 0 heterocycles. The van der Waals surface area contributed by atoms with Gasteiger partial charge in [-0.3, -0.25) is 0 Å². The predicted molar refractivity (Wildman–Crippen MR) is 124 cm³/mol. The number of benzene rings is 2. The molecule has 0 N–H and O–H groups in total. The van der Waals surface area contributed by atoms with Gasteiger partial charge in [-0.05, 0) is 47.5 Å². The van der Waals surface area contributed by atoms with E-state index in [4.69, 9.17) is 4.43 Å². The Morgan fingerprint density at radius 3 is 1.86 bits per heavy atom. The summed E-state index contributed by atoms with van der Waals surface area (Å²) in [5.74, 6) is 1.16. The van der Waals surface area contributed by atoms with Crippen LogP contribution < -0.4 is 10.4 Å². The Labute approximate surface area is 173 Å². The van der Waals surface area contributed by atoms with Crippen LogP contribution in [-0.4, -0.2) is 14.4 Å². The second-order valence-corrected chi connectivity index (χ2v) is 13.9. The quantitative estimate of drug-likeness (QED) is 0.452. The van der Waals surface area contributed by atoms with E-state index in [1.807, 2.05) is 0 Å². The molecule has 1 aliphatic carbocycles. The van der Waals surface area contributed by atoms with Crippen molar-refractivity contribution in [1.29, 1.82) is 0 Å². The van der Waals surface area contributed by atoms with Crippen molar-refractivity contribution in [2.75, 3.05) is 0 Å². The molecule has 1 nitrogen and oxygen atoms in total. The zero-order valence-corrected chi connectivity index (χ0v) is 19.2. The topological polar surface area (TPSA) is 9.23 Å². The van der Waals surface area contributed by atoms with Gasteiger partial charge in [0.1, 0.15) is 0 Å². The average molecular weight is 393 g/mol. The Morgan fingerprint density at radius 2 is 1.43 bits per heavy atom. The molecule has 2 aromatic carbocycles. The van der Waals surface area contributed by atoms with Crippen LogP contribution in [0, 0.1) is 11.8 Å². The van der Waals surface area contributed by atoms with Crippen molar-refractivity contribution in [3.8, 4) is 0 Å². The first-order chi connectivity index (χ1) is 13.3. The second-order valence-electron chi connectivity index (χ2n) is 9.69. The lowest BCUT2D eigenvalue weighted by molar-refractivity contribution is 0.0784. The summed E-state index contributed by atoms with van der Waals surface area (Å²) in [7, 11) is -2.50. The van der Waals surface area contributed by atoms with Crippen molar-refractivity contribution in [2.45, 2.75) is 65.0 Å². The van der Waals surface area contributed by atoms with E-state index >= 15 is 0 Å². The van der Waals surface area contributed by atoms with Crippen molar-refractivity contribution in [3.05, 3.63) is 72.8 Å². The zero-order chi connectivity index (χ0) is 20.4. The minimum Gasteiger partial charge on any atom is -0.404 e. The van der Waals surface area contributed by atoms with E-state index in [9.17, 15) is 0 Å². The molecule has 28 heavy (non-hydrogen) atoms. The first kappa shape index (κ1) is 21.1. The summed E-state index contributed by atoms with van der Waals surface area (Å²) in [4.78, 5) is 0. The monoisotopic (exact) mass is 392 g/mol. The third kappa shape index (κ3) is 4.04. The van der Waals surface area contributed by atoms with Crippen LogP contribution in [0.2, 0.25) is 5.04 Å². The van der Waals surface area contributed by atoms with Gasteiger partial charge in [0.2, 0.25) is 0 Å². The summed E-state index contributed by atoms with van der Waals surface area (Å²) in [6, 6.07) is 22.0. The average Bonchev–Trinajstić information content (AvgIpc) is 2.66. The van der Waals surface area contributed by atoms with Gasteiger partial charge in [-0.25, -0.2) is 0 Å². The third-order valence-electron chi connectivity index (χ3n) is 6.43. The number of rotatable bonds is 5. The maximum Gasteiger partial charge on any atom is 0.261 e. The van der Waals surface area contributed by atoms with Gasteiger partial charge in [0.25, 0.3) is 8.32 Å². The van der Waals surface area contributed by atoms with Gasteiger partial charge < -0.3 is 4.43 Å². The Bertz CT molecular complexity index is 736. The lowest BCUT2D eigenvalue weighted by Gasteiger charge is -2.48. The summed E-state index contributed by atoms with van der Waals surface area (Å²) >= 11 is 0.